The van der Waals surface area contributed by atoms with Gasteiger partial charge in [0.1, 0.15) is 11.5 Å². The average Bonchev–Trinajstić information content (AvgIpc) is 3.17. The molecule has 3 aromatic rings. The molecule has 1 amide bonds. The number of carbonyl (C=O) groups is 2. The average molecular weight is 451 g/mol. The maximum absolute atomic E-state index is 14.5. The van der Waals surface area contributed by atoms with E-state index in [4.69, 9.17) is 4.74 Å². The summed E-state index contributed by atoms with van der Waals surface area (Å²) in [6, 6.07) is 14.1. The van der Waals surface area contributed by atoms with Crippen LogP contribution in [0.2, 0.25) is 0 Å². The smallest absolute Gasteiger partial charge is 0.305 e. The fourth-order valence-corrected chi connectivity index (χ4v) is 3.86. The van der Waals surface area contributed by atoms with Crippen LogP contribution in [0.3, 0.4) is 0 Å². The van der Waals surface area contributed by atoms with Crippen molar-refractivity contribution in [1.29, 1.82) is 0 Å². The molecule has 0 radical (unpaired) electrons. The molecule has 0 aliphatic heterocycles. The van der Waals surface area contributed by atoms with Crippen molar-refractivity contribution in [3.05, 3.63) is 77.2 Å². The minimum Gasteiger partial charge on any atom is -0.481 e. The summed E-state index contributed by atoms with van der Waals surface area (Å²) in [4.78, 5) is 24.5. The molecule has 1 atom stereocenters. The number of nitrogens with zero attached hydrogens (tertiary/aromatic N) is 2. The van der Waals surface area contributed by atoms with Crippen LogP contribution in [0.25, 0.3) is 5.69 Å². The Bertz CT molecular complexity index is 1160. The van der Waals surface area contributed by atoms with E-state index in [9.17, 15) is 19.1 Å². The lowest BCUT2D eigenvalue weighted by molar-refractivity contribution is -0.137. The minimum absolute atomic E-state index is 0.0193. The molecule has 7 nitrogen and oxygen atoms in total. The van der Waals surface area contributed by atoms with E-state index in [1.165, 1.54) is 16.8 Å². The van der Waals surface area contributed by atoms with Crippen molar-refractivity contribution in [3.63, 3.8) is 0 Å². The van der Waals surface area contributed by atoms with Gasteiger partial charge in [-0.2, -0.15) is 9.78 Å². The van der Waals surface area contributed by atoms with Gasteiger partial charge in [-0.05, 0) is 48.9 Å². The predicted molar refractivity (Wildman–Crippen MR) is 120 cm³/mol. The lowest BCUT2D eigenvalue weighted by Gasteiger charge is -2.25. The molecule has 1 aliphatic carbocycles. The van der Waals surface area contributed by atoms with Crippen LogP contribution in [0.4, 0.5) is 4.39 Å². The Morgan fingerprint density at radius 2 is 1.94 bits per heavy atom. The monoisotopic (exact) mass is 451 g/mol. The zero-order chi connectivity index (χ0) is 23.4. The Morgan fingerprint density at radius 3 is 2.61 bits per heavy atom. The standard InChI is InChI=1S/C25H26FN3O4/c1-16-7-2-3-10-18(16)20(14-24(30)31)27-25(32)21-13-23(33-15-17-8-6-9-17)29(28-21)22-12-5-4-11-19(22)26/h2-5,7,10-13,17,20H,6,8-9,14-15H2,1H3,(H,27,32)(H,30,31)/t20-/m0/s1. The molecule has 1 heterocycles. The molecule has 172 valence electrons. The first kappa shape index (κ1) is 22.5. The number of amides is 1. The molecule has 0 bridgehead atoms. The fourth-order valence-electron chi connectivity index (χ4n) is 3.86. The van der Waals surface area contributed by atoms with Gasteiger partial charge in [-0.25, -0.2) is 4.39 Å². The van der Waals surface area contributed by atoms with E-state index in [1.54, 1.807) is 30.3 Å². The zero-order valence-corrected chi connectivity index (χ0v) is 18.3. The highest BCUT2D eigenvalue weighted by atomic mass is 19.1. The third-order valence-corrected chi connectivity index (χ3v) is 5.93. The number of hydrogen-bond donors (Lipinski definition) is 2. The summed E-state index contributed by atoms with van der Waals surface area (Å²) in [6.45, 7) is 2.32. The van der Waals surface area contributed by atoms with Crippen molar-refractivity contribution in [3.8, 4) is 11.6 Å². The highest BCUT2D eigenvalue weighted by Gasteiger charge is 2.25. The number of carboxylic acids is 1. The SMILES string of the molecule is Cc1ccccc1[C@H](CC(=O)O)NC(=O)c1cc(OCC2CCC2)n(-c2ccccc2F)n1. The van der Waals surface area contributed by atoms with Crippen molar-refractivity contribution >= 4 is 11.9 Å². The van der Waals surface area contributed by atoms with Crippen LogP contribution in [0, 0.1) is 18.7 Å². The van der Waals surface area contributed by atoms with Crippen LogP contribution in [-0.4, -0.2) is 33.4 Å². The van der Waals surface area contributed by atoms with Gasteiger partial charge in [0, 0.05) is 6.07 Å². The molecule has 33 heavy (non-hydrogen) atoms. The molecule has 4 rings (SSSR count). The van der Waals surface area contributed by atoms with Gasteiger partial charge in [0.2, 0.25) is 5.88 Å². The molecular formula is C25H26FN3O4. The van der Waals surface area contributed by atoms with E-state index in [2.05, 4.69) is 10.4 Å². The first-order valence-corrected chi connectivity index (χ1v) is 11.0. The van der Waals surface area contributed by atoms with Crippen molar-refractivity contribution in [2.45, 2.75) is 38.6 Å². The third-order valence-electron chi connectivity index (χ3n) is 5.93. The number of hydrogen-bond acceptors (Lipinski definition) is 4. The summed E-state index contributed by atoms with van der Waals surface area (Å²) in [7, 11) is 0. The van der Waals surface area contributed by atoms with Gasteiger partial charge in [0.15, 0.2) is 5.69 Å². The van der Waals surface area contributed by atoms with E-state index in [1.807, 2.05) is 19.1 Å². The first-order valence-electron chi connectivity index (χ1n) is 11.0. The van der Waals surface area contributed by atoms with E-state index >= 15 is 0 Å². The van der Waals surface area contributed by atoms with Crippen LogP contribution in [0.5, 0.6) is 5.88 Å². The number of carboxylic acid groups (broad SMARTS) is 1. The van der Waals surface area contributed by atoms with Gasteiger partial charge >= 0.3 is 5.97 Å². The summed E-state index contributed by atoms with van der Waals surface area (Å²) < 4.78 is 21.7. The molecule has 1 saturated carbocycles. The molecule has 1 fully saturated rings. The number of aromatic nitrogens is 2. The van der Waals surface area contributed by atoms with Gasteiger partial charge in [-0.15, -0.1) is 0 Å². The number of halogens is 1. The topological polar surface area (TPSA) is 93.5 Å². The molecule has 2 N–H and O–H groups in total. The highest BCUT2D eigenvalue weighted by Crippen LogP contribution is 2.29. The van der Waals surface area contributed by atoms with Crippen molar-refractivity contribution in [2.24, 2.45) is 5.92 Å². The lowest BCUT2D eigenvalue weighted by atomic mass is 9.86. The second kappa shape index (κ2) is 9.85. The molecular weight excluding hydrogens is 425 g/mol. The third kappa shape index (κ3) is 5.22. The Balaban J connectivity index is 1.62. The lowest BCUT2D eigenvalue weighted by Crippen LogP contribution is -2.31. The first-order chi connectivity index (χ1) is 15.9. The second-order valence-corrected chi connectivity index (χ2v) is 8.32. The van der Waals surface area contributed by atoms with Gasteiger partial charge < -0.3 is 15.2 Å². The summed E-state index contributed by atoms with van der Waals surface area (Å²) in [5.74, 6) is -1.39. The Hall–Kier alpha value is -3.68. The molecule has 8 heteroatoms. The molecule has 0 saturated heterocycles. The van der Waals surface area contributed by atoms with E-state index in [0.717, 1.165) is 24.8 Å². The van der Waals surface area contributed by atoms with Crippen LogP contribution in [-0.2, 0) is 4.79 Å². The number of carbonyl (C=O) groups excluding carboxylic acids is 1. The number of ether oxygens (including phenoxy) is 1. The quantitative estimate of drug-likeness (QED) is 0.502. The Kier molecular flexibility index (Phi) is 6.72. The molecule has 1 aliphatic rings. The summed E-state index contributed by atoms with van der Waals surface area (Å²) >= 11 is 0. The number of aryl methyl sites for hydroxylation is 1. The van der Waals surface area contributed by atoms with Gasteiger partial charge in [0.05, 0.1) is 19.1 Å². The van der Waals surface area contributed by atoms with Crippen LogP contribution < -0.4 is 10.1 Å². The number of aliphatic carboxylic acids is 1. The summed E-state index contributed by atoms with van der Waals surface area (Å²) in [5.41, 5.74) is 1.76. The molecule has 0 spiro atoms. The van der Waals surface area contributed by atoms with Crippen molar-refractivity contribution < 1.29 is 23.8 Å². The van der Waals surface area contributed by atoms with Crippen LogP contribution in [0.1, 0.15) is 53.3 Å². The van der Waals surface area contributed by atoms with E-state index in [-0.39, 0.29) is 23.7 Å². The highest BCUT2D eigenvalue weighted by molar-refractivity contribution is 5.93. The Labute approximate surface area is 191 Å². The predicted octanol–water partition coefficient (Wildman–Crippen LogP) is 4.44. The minimum atomic E-state index is -1.04. The van der Waals surface area contributed by atoms with Crippen molar-refractivity contribution in [2.75, 3.05) is 6.61 Å². The van der Waals surface area contributed by atoms with Gasteiger partial charge in [-0.1, -0.05) is 42.8 Å². The maximum atomic E-state index is 14.5. The normalized spacial score (nSPS) is 14.4. The van der Waals surface area contributed by atoms with Gasteiger partial charge in [0.25, 0.3) is 5.91 Å². The number of para-hydroxylation sites is 1. The zero-order valence-electron chi connectivity index (χ0n) is 18.3. The number of benzene rings is 2. The summed E-state index contributed by atoms with van der Waals surface area (Å²) in [6.07, 6.45) is 3.04. The van der Waals surface area contributed by atoms with Crippen LogP contribution in [0.15, 0.2) is 54.6 Å². The Morgan fingerprint density at radius 1 is 1.21 bits per heavy atom. The fraction of sp³-hybridized carbons (Fsp3) is 0.320. The van der Waals surface area contributed by atoms with Gasteiger partial charge in [-0.3, -0.25) is 9.59 Å². The summed E-state index contributed by atoms with van der Waals surface area (Å²) in [5, 5.41) is 16.4. The molecule has 2 aromatic carbocycles. The molecule has 0 unspecified atom stereocenters. The molecule has 1 aromatic heterocycles. The largest absolute Gasteiger partial charge is 0.481 e. The number of nitrogens with one attached hydrogen (secondary N) is 1. The maximum Gasteiger partial charge on any atom is 0.305 e. The van der Waals surface area contributed by atoms with E-state index in [0.29, 0.717) is 18.1 Å². The number of rotatable bonds is 9. The van der Waals surface area contributed by atoms with E-state index < -0.39 is 23.7 Å². The van der Waals surface area contributed by atoms with Crippen LogP contribution >= 0.6 is 0 Å². The van der Waals surface area contributed by atoms with Crippen molar-refractivity contribution in [1.82, 2.24) is 15.1 Å². The second-order valence-electron chi connectivity index (χ2n) is 8.32.